The van der Waals surface area contributed by atoms with E-state index in [4.69, 9.17) is 0 Å². The largest absolute Gasteiger partial charge is 0.307 e. The predicted octanol–water partition coefficient (Wildman–Crippen LogP) is 4.92. The Kier molecular flexibility index (Phi) is 6.21. The summed E-state index contributed by atoms with van der Waals surface area (Å²) in [4.78, 5) is 0. The summed E-state index contributed by atoms with van der Waals surface area (Å²) in [7, 11) is 0. The van der Waals surface area contributed by atoms with Gasteiger partial charge in [0.2, 0.25) is 0 Å². The summed E-state index contributed by atoms with van der Waals surface area (Å²) < 4.78 is 1.14. The number of hydrogen-bond donors (Lipinski definition) is 1. The molecule has 0 aromatic heterocycles. The van der Waals surface area contributed by atoms with Gasteiger partial charge in [-0.15, -0.1) is 0 Å². The zero-order valence-electron chi connectivity index (χ0n) is 11.3. The van der Waals surface area contributed by atoms with Gasteiger partial charge in [-0.1, -0.05) is 55.3 Å². The molecule has 1 N–H and O–H groups in total. The fourth-order valence-corrected chi connectivity index (χ4v) is 2.24. The van der Waals surface area contributed by atoms with Crippen LogP contribution in [0.4, 0.5) is 0 Å². The highest BCUT2D eigenvalue weighted by Gasteiger charge is 2.15. The van der Waals surface area contributed by atoms with E-state index in [1.54, 1.807) is 0 Å². The molecule has 1 aromatic carbocycles. The van der Waals surface area contributed by atoms with Crippen molar-refractivity contribution in [3.63, 3.8) is 0 Å². The van der Waals surface area contributed by atoms with Crippen LogP contribution in [0.2, 0.25) is 0 Å². The highest BCUT2D eigenvalue weighted by atomic mass is 79.9. The molecule has 96 valence electrons. The monoisotopic (exact) mass is 297 g/mol. The van der Waals surface area contributed by atoms with Gasteiger partial charge in [-0.05, 0) is 37.0 Å². The van der Waals surface area contributed by atoms with Crippen LogP contribution in [-0.2, 0) is 0 Å². The Labute approximate surface area is 114 Å². The first kappa shape index (κ1) is 14.7. The summed E-state index contributed by atoms with van der Waals surface area (Å²) in [6.45, 7) is 9.09. The molecule has 0 spiro atoms. The van der Waals surface area contributed by atoms with Gasteiger partial charge < -0.3 is 5.32 Å². The molecular weight excluding hydrogens is 274 g/mol. The second kappa shape index (κ2) is 7.17. The lowest BCUT2D eigenvalue weighted by atomic mass is 9.97. The van der Waals surface area contributed by atoms with Crippen molar-refractivity contribution in [1.29, 1.82) is 0 Å². The number of halogens is 1. The van der Waals surface area contributed by atoms with E-state index in [2.05, 4.69) is 73.2 Å². The molecule has 0 bridgehead atoms. The molecule has 3 atom stereocenters. The van der Waals surface area contributed by atoms with Crippen molar-refractivity contribution < 1.29 is 0 Å². The smallest absolute Gasteiger partial charge is 0.0320 e. The zero-order valence-corrected chi connectivity index (χ0v) is 12.9. The fourth-order valence-electron chi connectivity index (χ4n) is 1.98. The first-order valence-electron chi connectivity index (χ1n) is 6.60. The molecule has 17 heavy (non-hydrogen) atoms. The highest BCUT2D eigenvalue weighted by Crippen LogP contribution is 2.21. The maximum atomic E-state index is 3.74. The summed E-state index contributed by atoms with van der Waals surface area (Å²) in [5.74, 6) is 0.722. The number of benzene rings is 1. The van der Waals surface area contributed by atoms with E-state index in [1.165, 1.54) is 12.0 Å². The van der Waals surface area contributed by atoms with Crippen molar-refractivity contribution in [1.82, 2.24) is 5.32 Å². The van der Waals surface area contributed by atoms with Gasteiger partial charge in [0.15, 0.2) is 0 Å². The van der Waals surface area contributed by atoms with Crippen LogP contribution in [0, 0.1) is 5.92 Å². The minimum atomic E-state index is 0.465. The van der Waals surface area contributed by atoms with Gasteiger partial charge in [-0.3, -0.25) is 0 Å². The van der Waals surface area contributed by atoms with Gasteiger partial charge in [0.1, 0.15) is 0 Å². The van der Waals surface area contributed by atoms with Crippen molar-refractivity contribution >= 4 is 15.9 Å². The van der Waals surface area contributed by atoms with Crippen molar-refractivity contribution in [2.75, 3.05) is 0 Å². The molecule has 1 nitrogen and oxygen atoms in total. The Morgan fingerprint density at radius 1 is 1.06 bits per heavy atom. The Bertz CT molecular complexity index is 320. The molecule has 0 heterocycles. The van der Waals surface area contributed by atoms with Crippen LogP contribution in [0.5, 0.6) is 0 Å². The maximum Gasteiger partial charge on any atom is 0.0320 e. The van der Waals surface area contributed by atoms with E-state index < -0.39 is 0 Å². The van der Waals surface area contributed by atoms with Crippen LogP contribution in [-0.4, -0.2) is 6.04 Å². The number of nitrogens with one attached hydrogen (secondary N) is 1. The molecule has 0 amide bonds. The average molecular weight is 298 g/mol. The van der Waals surface area contributed by atoms with Crippen LogP contribution in [0.1, 0.15) is 52.1 Å². The van der Waals surface area contributed by atoms with Crippen molar-refractivity contribution in [2.45, 2.75) is 52.6 Å². The summed E-state index contributed by atoms with van der Waals surface area (Å²) >= 11 is 3.48. The van der Waals surface area contributed by atoms with Gasteiger partial charge in [0.05, 0.1) is 0 Å². The standard InChI is InChI=1S/C15H24BrN/c1-5-11(3)12(4)17-15(6-2)13-7-9-14(16)10-8-13/h7-12,15,17H,5-6H2,1-4H3. The summed E-state index contributed by atoms with van der Waals surface area (Å²) in [5.41, 5.74) is 1.38. The maximum absolute atomic E-state index is 3.74. The van der Waals surface area contributed by atoms with Crippen molar-refractivity contribution in [3.05, 3.63) is 34.3 Å². The fraction of sp³-hybridized carbons (Fsp3) is 0.600. The number of rotatable bonds is 6. The minimum absolute atomic E-state index is 0.465. The van der Waals surface area contributed by atoms with Crippen LogP contribution in [0.3, 0.4) is 0 Å². The quantitative estimate of drug-likeness (QED) is 0.785. The van der Waals surface area contributed by atoms with E-state index >= 15 is 0 Å². The van der Waals surface area contributed by atoms with Gasteiger partial charge in [-0.25, -0.2) is 0 Å². The Hall–Kier alpha value is -0.340. The third-order valence-corrected chi connectivity index (χ3v) is 4.17. The van der Waals surface area contributed by atoms with Gasteiger partial charge in [0, 0.05) is 16.6 Å². The van der Waals surface area contributed by atoms with E-state index in [9.17, 15) is 0 Å². The number of hydrogen-bond acceptors (Lipinski definition) is 1. The highest BCUT2D eigenvalue weighted by molar-refractivity contribution is 9.10. The van der Waals surface area contributed by atoms with Crippen molar-refractivity contribution in [3.8, 4) is 0 Å². The summed E-state index contributed by atoms with van der Waals surface area (Å²) in [6.07, 6.45) is 2.35. The molecule has 0 saturated heterocycles. The van der Waals surface area contributed by atoms with E-state index in [0.29, 0.717) is 12.1 Å². The zero-order chi connectivity index (χ0) is 12.8. The second-order valence-corrected chi connectivity index (χ2v) is 5.77. The molecule has 1 rings (SSSR count). The summed E-state index contributed by atoms with van der Waals surface area (Å²) in [6, 6.07) is 9.67. The Morgan fingerprint density at radius 2 is 1.65 bits per heavy atom. The van der Waals surface area contributed by atoms with Crippen LogP contribution < -0.4 is 5.32 Å². The molecule has 0 saturated carbocycles. The third kappa shape index (κ3) is 4.44. The first-order valence-corrected chi connectivity index (χ1v) is 7.39. The van der Waals surface area contributed by atoms with Gasteiger partial charge >= 0.3 is 0 Å². The normalized spacial score (nSPS) is 16.5. The molecule has 0 aliphatic rings. The molecule has 0 radical (unpaired) electrons. The average Bonchev–Trinajstić information content (AvgIpc) is 2.35. The van der Waals surface area contributed by atoms with Crippen LogP contribution in [0.15, 0.2) is 28.7 Å². The predicted molar refractivity (Wildman–Crippen MR) is 79.2 cm³/mol. The van der Waals surface area contributed by atoms with Crippen LogP contribution in [0.25, 0.3) is 0 Å². The minimum Gasteiger partial charge on any atom is -0.307 e. The lowest BCUT2D eigenvalue weighted by Crippen LogP contribution is -2.34. The van der Waals surface area contributed by atoms with Crippen molar-refractivity contribution in [2.24, 2.45) is 5.92 Å². The molecular formula is C15H24BrN. The van der Waals surface area contributed by atoms with Gasteiger partial charge in [0.25, 0.3) is 0 Å². The van der Waals surface area contributed by atoms with E-state index in [1.807, 2.05) is 0 Å². The van der Waals surface area contributed by atoms with E-state index in [-0.39, 0.29) is 0 Å². The first-order chi connectivity index (χ1) is 8.08. The molecule has 0 fully saturated rings. The lowest BCUT2D eigenvalue weighted by Gasteiger charge is -2.26. The molecule has 3 unspecified atom stereocenters. The Balaban J connectivity index is 2.68. The molecule has 0 aliphatic heterocycles. The molecule has 2 heteroatoms. The van der Waals surface area contributed by atoms with Crippen LogP contribution >= 0.6 is 15.9 Å². The Morgan fingerprint density at radius 3 is 2.12 bits per heavy atom. The van der Waals surface area contributed by atoms with Gasteiger partial charge in [-0.2, -0.15) is 0 Å². The third-order valence-electron chi connectivity index (χ3n) is 3.64. The molecule has 0 aliphatic carbocycles. The lowest BCUT2D eigenvalue weighted by molar-refractivity contribution is 0.346. The topological polar surface area (TPSA) is 12.0 Å². The second-order valence-electron chi connectivity index (χ2n) is 4.85. The summed E-state index contributed by atoms with van der Waals surface area (Å²) in [5, 5.41) is 3.74. The molecule has 1 aromatic rings. The van der Waals surface area contributed by atoms with E-state index in [0.717, 1.165) is 16.8 Å². The SMILES string of the molecule is CCC(NC(C)C(C)CC)c1ccc(Br)cc1.